The first-order valence-corrected chi connectivity index (χ1v) is 10.9. The number of H-pyrrole nitrogens is 1. The largest absolute Gasteiger partial charge is 0.322 e. The summed E-state index contributed by atoms with van der Waals surface area (Å²) < 4.78 is 1.84. The lowest BCUT2D eigenvalue weighted by Gasteiger charge is -2.24. The summed E-state index contributed by atoms with van der Waals surface area (Å²) in [6, 6.07) is 16.2. The Balaban J connectivity index is 1.64. The van der Waals surface area contributed by atoms with Gasteiger partial charge in [0.15, 0.2) is 6.04 Å². The molecule has 0 amide bonds. The quantitative estimate of drug-likeness (QED) is 0.522. The van der Waals surface area contributed by atoms with Crippen LogP contribution < -0.4 is 10.5 Å². The lowest BCUT2D eigenvalue weighted by atomic mass is 10.00. The summed E-state index contributed by atoms with van der Waals surface area (Å²) in [6.45, 7) is 6.74. The third kappa shape index (κ3) is 3.77. The zero-order chi connectivity index (χ0) is 21.4. The molecule has 2 aromatic heterocycles. The highest BCUT2D eigenvalue weighted by Gasteiger charge is 2.35. The van der Waals surface area contributed by atoms with Gasteiger partial charge in [-0.25, -0.2) is 4.68 Å². The number of quaternary nitrogens is 1. The fourth-order valence-electron chi connectivity index (χ4n) is 4.85. The summed E-state index contributed by atoms with van der Waals surface area (Å²) in [5, 5.41) is 13.8. The normalized spacial score (nSPS) is 15.5. The number of benzene rings is 2. The number of rotatable bonds is 5. The molecule has 4 aromatic rings. The molecule has 0 unspecified atom stereocenters. The van der Waals surface area contributed by atoms with Crippen LogP contribution in [0.25, 0.3) is 10.9 Å². The van der Waals surface area contributed by atoms with E-state index in [1.165, 1.54) is 4.90 Å². The molecule has 0 aliphatic carbocycles. The summed E-state index contributed by atoms with van der Waals surface area (Å²) in [6.07, 6.45) is 2.30. The minimum Gasteiger partial charge on any atom is -0.322 e. The summed E-state index contributed by atoms with van der Waals surface area (Å²) >= 11 is 0. The fraction of sp³-hybridized carbons (Fsp3) is 0.333. The van der Waals surface area contributed by atoms with Gasteiger partial charge in [0.2, 0.25) is 5.82 Å². The van der Waals surface area contributed by atoms with Gasteiger partial charge in [0.1, 0.15) is 0 Å². The Morgan fingerprint density at radius 2 is 1.87 bits per heavy atom. The summed E-state index contributed by atoms with van der Waals surface area (Å²) in [5.74, 6) is 0.746. The van der Waals surface area contributed by atoms with Gasteiger partial charge in [0, 0.05) is 23.7 Å². The molecular weight excluding hydrogens is 388 g/mol. The maximum atomic E-state index is 13.3. The Bertz CT molecular complexity index is 1270. The molecule has 0 spiro atoms. The van der Waals surface area contributed by atoms with Crippen LogP contribution in [0.5, 0.6) is 0 Å². The topological polar surface area (TPSA) is 80.9 Å². The fourth-order valence-corrected chi connectivity index (χ4v) is 4.85. The Labute approximate surface area is 180 Å². The van der Waals surface area contributed by atoms with E-state index >= 15 is 0 Å². The third-order valence-corrected chi connectivity index (χ3v) is 6.30. The van der Waals surface area contributed by atoms with Gasteiger partial charge in [-0.05, 0) is 53.1 Å². The molecule has 31 heavy (non-hydrogen) atoms. The molecule has 1 fully saturated rings. The van der Waals surface area contributed by atoms with Crippen LogP contribution in [-0.4, -0.2) is 38.3 Å². The van der Waals surface area contributed by atoms with Crippen LogP contribution in [0.2, 0.25) is 0 Å². The molecule has 0 radical (unpaired) electrons. The van der Waals surface area contributed by atoms with E-state index in [2.05, 4.69) is 51.7 Å². The average Bonchev–Trinajstić information content (AvgIpc) is 3.43. The SMILES string of the molecule is Cc1cc(C)c2cc([C@H](c3nnnn3Cc3ccccc3)[NH+]3CCCC3)c(=O)[nH]c2c1. The molecule has 1 atom stereocenters. The van der Waals surface area contributed by atoms with E-state index in [4.69, 9.17) is 0 Å². The number of likely N-dealkylation sites (tertiary alicyclic amines) is 1. The van der Waals surface area contributed by atoms with Crippen molar-refractivity contribution in [2.24, 2.45) is 0 Å². The van der Waals surface area contributed by atoms with Crippen molar-refractivity contribution in [1.82, 2.24) is 25.2 Å². The zero-order valence-corrected chi connectivity index (χ0v) is 17.9. The Hall–Kier alpha value is -3.32. The van der Waals surface area contributed by atoms with Gasteiger partial charge in [-0.15, -0.1) is 5.10 Å². The Morgan fingerprint density at radius 3 is 2.65 bits per heavy atom. The molecule has 0 bridgehead atoms. The number of fused-ring (bicyclic) bond motifs is 1. The molecule has 1 aliphatic heterocycles. The second kappa shape index (κ2) is 8.07. The number of hydrogen-bond donors (Lipinski definition) is 2. The maximum Gasteiger partial charge on any atom is 0.258 e. The second-order valence-electron chi connectivity index (χ2n) is 8.58. The van der Waals surface area contributed by atoms with Gasteiger partial charge in [-0.3, -0.25) is 4.79 Å². The predicted molar refractivity (Wildman–Crippen MR) is 119 cm³/mol. The van der Waals surface area contributed by atoms with E-state index in [-0.39, 0.29) is 11.6 Å². The second-order valence-corrected chi connectivity index (χ2v) is 8.58. The molecule has 2 aromatic carbocycles. The first-order chi connectivity index (χ1) is 15.1. The van der Waals surface area contributed by atoms with Gasteiger partial charge in [0.05, 0.1) is 25.2 Å². The molecule has 7 heteroatoms. The molecule has 3 heterocycles. The summed E-state index contributed by atoms with van der Waals surface area (Å²) in [7, 11) is 0. The van der Waals surface area contributed by atoms with E-state index < -0.39 is 0 Å². The van der Waals surface area contributed by atoms with E-state index in [0.717, 1.165) is 64.9 Å². The number of hydrogen-bond acceptors (Lipinski definition) is 4. The van der Waals surface area contributed by atoms with Crippen LogP contribution in [0, 0.1) is 13.8 Å². The molecule has 158 valence electrons. The lowest BCUT2D eigenvalue weighted by Crippen LogP contribution is -3.10. The number of tetrazole rings is 1. The first kappa shape index (κ1) is 19.6. The van der Waals surface area contributed by atoms with Crippen LogP contribution in [0.15, 0.2) is 53.3 Å². The van der Waals surface area contributed by atoms with Gasteiger partial charge in [0.25, 0.3) is 5.56 Å². The highest BCUT2D eigenvalue weighted by Crippen LogP contribution is 2.23. The molecule has 5 rings (SSSR count). The predicted octanol–water partition coefficient (Wildman–Crippen LogP) is 1.95. The number of aromatic nitrogens is 5. The van der Waals surface area contributed by atoms with Crippen molar-refractivity contribution in [3.8, 4) is 0 Å². The zero-order valence-electron chi connectivity index (χ0n) is 17.9. The van der Waals surface area contributed by atoms with Gasteiger partial charge < -0.3 is 9.88 Å². The Morgan fingerprint density at radius 1 is 1.10 bits per heavy atom. The number of pyridine rings is 1. The number of nitrogens with one attached hydrogen (secondary N) is 2. The van der Waals surface area contributed by atoms with Crippen LogP contribution in [0.3, 0.4) is 0 Å². The number of aryl methyl sites for hydroxylation is 2. The van der Waals surface area contributed by atoms with Crippen molar-refractivity contribution < 1.29 is 4.90 Å². The molecular formula is C24H27N6O+. The van der Waals surface area contributed by atoms with E-state index in [9.17, 15) is 4.79 Å². The standard InChI is InChI=1S/C24H26N6O/c1-16-12-17(2)19-14-20(24(31)25-21(19)13-16)22(29-10-6-7-11-29)23-26-27-28-30(23)15-18-8-4-3-5-9-18/h3-5,8-9,12-14,22H,6-7,10-11,15H2,1-2H3,(H,25,31)/p+1/t22-/m1/s1. The van der Waals surface area contributed by atoms with Crippen LogP contribution in [0.4, 0.5) is 0 Å². The van der Waals surface area contributed by atoms with E-state index in [1.807, 2.05) is 35.9 Å². The number of nitrogens with zero attached hydrogens (tertiary/aromatic N) is 4. The average molecular weight is 416 g/mol. The summed E-state index contributed by atoms with van der Waals surface area (Å²) in [4.78, 5) is 17.7. The maximum absolute atomic E-state index is 13.3. The minimum atomic E-state index is -0.199. The van der Waals surface area contributed by atoms with Crippen LogP contribution in [-0.2, 0) is 6.54 Å². The molecule has 1 aliphatic rings. The molecule has 0 saturated carbocycles. The lowest BCUT2D eigenvalue weighted by molar-refractivity contribution is -0.914. The van der Waals surface area contributed by atoms with Crippen LogP contribution in [0.1, 0.15) is 47.0 Å². The van der Waals surface area contributed by atoms with E-state index in [1.54, 1.807) is 0 Å². The molecule has 1 saturated heterocycles. The van der Waals surface area contributed by atoms with Crippen molar-refractivity contribution in [2.45, 2.75) is 39.3 Å². The minimum absolute atomic E-state index is 0.0591. The van der Waals surface area contributed by atoms with Gasteiger partial charge in [-0.2, -0.15) is 0 Å². The third-order valence-electron chi connectivity index (χ3n) is 6.30. The van der Waals surface area contributed by atoms with E-state index in [0.29, 0.717) is 6.54 Å². The highest BCUT2D eigenvalue weighted by molar-refractivity contribution is 5.83. The first-order valence-electron chi connectivity index (χ1n) is 10.9. The summed E-state index contributed by atoms with van der Waals surface area (Å²) in [5.41, 5.74) is 4.99. The van der Waals surface area contributed by atoms with Gasteiger partial charge in [-0.1, -0.05) is 36.4 Å². The van der Waals surface area contributed by atoms with Crippen molar-refractivity contribution in [2.75, 3.05) is 13.1 Å². The Kier molecular flexibility index (Phi) is 5.11. The van der Waals surface area contributed by atoms with Crippen molar-refractivity contribution >= 4 is 10.9 Å². The molecule has 2 N–H and O–H groups in total. The monoisotopic (exact) mass is 415 g/mol. The number of aromatic amines is 1. The molecule has 7 nitrogen and oxygen atoms in total. The van der Waals surface area contributed by atoms with Gasteiger partial charge >= 0.3 is 0 Å². The van der Waals surface area contributed by atoms with Crippen LogP contribution >= 0.6 is 0 Å². The van der Waals surface area contributed by atoms with Crippen molar-refractivity contribution in [3.63, 3.8) is 0 Å². The van der Waals surface area contributed by atoms with Crippen molar-refractivity contribution in [1.29, 1.82) is 0 Å². The highest BCUT2D eigenvalue weighted by atomic mass is 16.1. The smallest absolute Gasteiger partial charge is 0.258 e. The van der Waals surface area contributed by atoms with Crippen molar-refractivity contribution in [3.05, 3.63) is 87.0 Å².